The average Bonchev–Trinajstić information content (AvgIpc) is 3.75. The number of ketones is 1. The van der Waals surface area contributed by atoms with Gasteiger partial charge in [-0.3, -0.25) is 9.69 Å². The number of hydrogen-bond donors (Lipinski definition) is 0. The fraction of sp³-hybridized carbons (Fsp3) is 0.531. The van der Waals surface area contributed by atoms with E-state index in [1.165, 1.54) is 36.1 Å². The summed E-state index contributed by atoms with van der Waals surface area (Å²) in [5.74, 6) is 2.82. The van der Waals surface area contributed by atoms with Gasteiger partial charge in [-0.25, -0.2) is 0 Å². The minimum atomic E-state index is -0.645. The highest BCUT2D eigenvalue weighted by atomic mass is 16.6. The molecule has 0 aromatic heterocycles. The summed E-state index contributed by atoms with van der Waals surface area (Å²) < 4.78 is 19.9. The minimum absolute atomic E-state index is 0.0810. The van der Waals surface area contributed by atoms with Crippen LogP contribution in [0.15, 0.2) is 54.1 Å². The second-order valence-corrected chi connectivity index (χ2v) is 12.8. The SMILES string of the molecule is CO[C@]12C3=C[C@@]4(C[C@]31C(C)=O)[C@H]1Cc3ccc(OCc5ccccc5)c5c3[C@@]4(CCN1CC1CC1)[C@H]2O5. The van der Waals surface area contributed by atoms with Gasteiger partial charge in [0.05, 0.1) is 10.8 Å². The van der Waals surface area contributed by atoms with Crippen LogP contribution in [0, 0.1) is 16.7 Å². The van der Waals surface area contributed by atoms with Gasteiger partial charge in [-0.05, 0) is 74.3 Å². The lowest BCUT2D eigenvalue weighted by Gasteiger charge is -2.66. The Labute approximate surface area is 217 Å². The highest BCUT2D eigenvalue weighted by Crippen LogP contribution is 2.88. The Morgan fingerprint density at radius 2 is 2.00 bits per heavy atom. The first-order valence-corrected chi connectivity index (χ1v) is 14.1. The maximum absolute atomic E-state index is 13.4. The van der Waals surface area contributed by atoms with Crippen LogP contribution in [0.2, 0.25) is 0 Å². The van der Waals surface area contributed by atoms with Crippen LogP contribution in [0.4, 0.5) is 0 Å². The quantitative estimate of drug-likeness (QED) is 0.525. The highest BCUT2D eigenvalue weighted by molar-refractivity contribution is 5.99. The molecule has 0 N–H and O–H groups in total. The van der Waals surface area contributed by atoms with Gasteiger partial charge < -0.3 is 14.2 Å². The summed E-state index contributed by atoms with van der Waals surface area (Å²) in [4.78, 5) is 16.2. The lowest BCUT2D eigenvalue weighted by atomic mass is 9.41. The largest absolute Gasteiger partial charge is 0.485 e. The molecule has 37 heavy (non-hydrogen) atoms. The molecule has 190 valence electrons. The Balaban J connectivity index is 1.22. The molecule has 2 aromatic rings. The standard InChI is InChI=1S/C32H33NO4/c1-19(34)31-18-29-15-24(31)32(31,35-2)28-30(29)12-13-33(16-20-8-9-20)25(29)14-22-10-11-23(27(37-28)26(22)30)36-17-21-6-4-3-5-7-21/h3-7,10-11,15,20,25,28H,8-9,12-14,16-18H2,1-2H3/t25-,28-,29-,30+,31+,32+/m1/s1. The molecular weight excluding hydrogens is 462 g/mol. The van der Waals surface area contributed by atoms with Crippen molar-refractivity contribution < 1.29 is 19.0 Å². The van der Waals surface area contributed by atoms with Crippen molar-refractivity contribution in [3.8, 4) is 11.5 Å². The molecule has 6 atom stereocenters. The Hall–Kier alpha value is -2.63. The maximum atomic E-state index is 13.4. The zero-order valence-corrected chi connectivity index (χ0v) is 21.6. The summed E-state index contributed by atoms with van der Waals surface area (Å²) in [6, 6.07) is 15.1. The molecule has 2 heterocycles. The van der Waals surface area contributed by atoms with Crippen LogP contribution in [0.5, 0.6) is 11.5 Å². The molecular formula is C32H33NO4. The summed E-state index contributed by atoms with van der Waals surface area (Å²) >= 11 is 0. The first kappa shape index (κ1) is 21.3. The Morgan fingerprint density at radius 3 is 2.73 bits per heavy atom. The van der Waals surface area contributed by atoms with Crippen LogP contribution >= 0.6 is 0 Å². The van der Waals surface area contributed by atoms with Gasteiger partial charge in [0, 0.05) is 30.7 Å². The van der Waals surface area contributed by atoms with Crippen molar-refractivity contribution in [1.29, 1.82) is 0 Å². The minimum Gasteiger partial charge on any atom is -0.485 e. The van der Waals surface area contributed by atoms with Gasteiger partial charge in [-0.1, -0.05) is 42.5 Å². The first-order chi connectivity index (χ1) is 18.0. The lowest BCUT2D eigenvalue weighted by molar-refractivity contribution is -0.179. The number of benzene rings is 2. The molecule has 0 amide bonds. The molecule has 2 aromatic carbocycles. The molecule has 3 saturated carbocycles. The first-order valence-electron chi connectivity index (χ1n) is 14.1. The monoisotopic (exact) mass is 495 g/mol. The number of Topliss-reactive ketones (excluding diaryl/α,β-unsaturated/α-hetero) is 1. The van der Waals surface area contributed by atoms with Gasteiger partial charge >= 0.3 is 0 Å². The van der Waals surface area contributed by atoms with Crippen molar-refractivity contribution in [2.75, 3.05) is 20.2 Å². The van der Waals surface area contributed by atoms with Crippen LogP contribution in [-0.4, -0.2) is 48.6 Å². The summed E-state index contributed by atoms with van der Waals surface area (Å²) in [6.07, 6.45) is 8.02. The molecule has 5 nitrogen and oxygen atoms in total. The number of carbonyl (C=O) groups excluding carboxylic acids is 1. The van der Waals surface area contributed by atoms with Crippen LogP contribution in [0.1, 0.15) is 49.3 Å². The Kier molecular flexibility index (Phi) is 3.74. The summed E-state index contributed by atoms with van der Waals surface area (Å²) in [5, 5.41) is 0. The number of rotatable bonds is 7. The van der Waals surface area contributed by atoms with E-state index < -0.39 is 11.0 Å². The highest BCUT2D eigenvalue weighted by Gasteiger charge is 2.95. The van der Waals surface area contributed by atoms with Crippen molar-refractivity contribution in [2.24, 2.45) is 16.7 Å². The second kappa shape index (κ2) is 6.50. The molecule has 10 rings (SSSR count). The fourth-order valence-electron chi connectivity index (χ4n) is 9.96. The Morgan fingerprint density at radius 1 is 1.16 bits per heavy atom. The topological polar surface area (TPSA) is 48.0 Å². The zero-order valence-electron chi connectivity index (χ0n) is 21.6. The number of likely N-dealkylation sites (tertiary alicyclic amines) is 1. The normalized spacial score (nSPS) is 41.1. The van der Waals surface area contributed by atoms with Gasteiger partial charge in [-0.15, -0.1) is 0 Å². The van der Waals surface area contributed by atoms with Crippen molar-refractivity contribution in [3.63, 3.8) is 0 Å². The van der Waals surface area contributed by atoms with Crippen molar-refractivity contribution >= 4 is 5.78 Å². The van der Waals surface area contributed by atoms with Gasteiger partial charge in [0.1, 0.15) is 24.1 Å². The van der Waals surface area contributed by atoms with E-state index in [-0.39, 0.29) is 22.7 Å². The summed E-state index contributed by atoms with van der Waals surface area (Å²) in [5.41, 5.74) is 3.70. The molecule has 4 fully saturated rings. The van der Waals surface area contributed by atoms with E-state index in [9.17, 15) is 4.79 Å². The molecule has 2 spiro atoms. The van der Waals surface area contributed by atoms with Gasteiger partial charge in [0.15, 0.2) is 11.5 Å². The number of piperidine rings is 1. The number of methoxy groups -OCH3 is 1. The Bertz CT molecular complexity index is 1410. The number of hydrogen-bond acceptors (Lipinski definition) is 5. The summed E-state index contributed by atoms with van der Waals surface area (Å²) in [7, 11) is 1.79. The molecule has 5 heteroatoms. The molecule has 8 aliphatic rings. The third-order valence-corrected chi connectivity index (χ3v) is 11.5. The van der Waals surface area contributed by atoms with E-state index >= 15 is 0 Å². The molecule has 0 radical (unpaired) electrons. The van der Waals surface area contributed by atoms with E-state index in [0.29, 0.717) is 12.6 Å². The van der Waals surface area contributed by atoms with Crippen LogP contribution in [0.3, 0.4) is 0 Å². The van der Waals surface area contributed by atoms with E-state index in [2.05, 4.69) is 35.2 Å². The van der Waals surface area contributed by atoms with E-state index in [0.717, 1.165) is 48.8 Å². The van der Waals surface area contributed by atoms with Crippen molar-refractivity contribution in [3.05, 3.63) is 70.8 Å². The molecule has 6 bridgehead atoms. The van der Waals surface area contributed by atoms with E-state index in [1.807, 2.05) is 18.2 Å². The van der Waals surface area contributed by atoms with Gasteiger partial charge in [0.25, 0.3) is 0 Å². The number of ether oxygens (including phenoxy) is 3. The zero-order chi connectivity index (χ0) is 24.8. The van der Waals surface area contributed by atoms with Crippen LogP contribution in [0.25, 0.3) is 0 Å². The van der Waals surface area contributed by atoms with E-state index in [4.69, 9.17) is 14.2 Å². The van der Waals surface area contributed by atoms with Crippen molar-refractivity contribution in [2.45, 2.75) is 68.8 Å². The third kappa shape index (κ3) is 2.12. The predicted molar refractivity (Wildman–Crippen MR) is 138 cm³/mol. The van der Waals surface area contributed by atoms with Gasteiger partial charge in [-0.2, -0.15) is 0 Å². The van der Waals surface area contributed by atoms with Crippen LogP contribution < -0.4 is 9.47 Å². The number of nitrogens with zero attached hydrogens (tertiary/aromatic N) is 1. The fourth-order valence-corrected chi connectivity index (χ4v) is 9.96. The van der Waals surface area contributed by atoms with Gasteiger partial charge in [0.2, 0.25) is 0 Å². The predicted octanol–water partition coefficient (Wildman–Crippen LogP) is 4.61. The van der Waals surface area contributed by atoms with Crippen LogP contribution in [-0.2, 0) is 28.0 Å². The molecule has 2 aliphatic heterocycles. The third-order valence-electron chi connectivity index (χ3n) is 11.5. The van der Waals surface area contributed by atoms with E-state index in [1.54, 1.807) is 14.0 Å². The molecule has 0 unspecified atom stereocenters. The lowest BCUT2D eigenvalue weighted by Crippen LogP contribution is -2.75. The summed E-state index contributed by atoms with van der Waals surface area (Å²) in [6.45, 7) is 4.56. The molecule has 6 aliphatic carbocycles. The smallest absolute Gasteiger partial charge is 0.166 e. The second-order valence-electron chi connectivity index (χ2n) is 12.8. The van der Waals surface area contributed by atoms with Crippen molar-refractivity contribution in [1.82, 2.24) is 4.90 Å². The maximum Gasteiger partial charge on any atom is 0.166 e. The molecule has 1 saturated heterocycles. The number of carbonyl (C=O) groups is 1. The average molecular weight is 496 g/mol.